The lowest BCUT2D eigenvalue weighted by Crippen LogP contribution is -2.31. The van der Waals surface area contributed by atoms with E-state index in [9.17, 15) is 4.79 Å². The lowest BCUT2D eigenvalue weighted by atomic mass is 10.2. The van der Waals surface area contributed by atoms with E-state index in [1.54, 1.807) is 15.8 Å². The first-order valence-corrected chi connectivity index (χ1v) is 8.01. The average Bonchev–Trinajstić information content (AvgIpc) is 3.22. The minimum atomic E-state index is -0.116. The molecule has 0 aliphatic carbocycles. The van der Waals surface area contributed by atoms with Gasteiger partial charge in [-0.05, 0) is 12.1 Å². The molecule has 0 atom stereocenters. The molecule has 4 rings (SSSR count). The van der Waals surface area contributed by atoms with Gasteiger partial charge in [-0.1, -0.05) is 12.1 Å². The molecule has 1 N–H and O–H groups in total. The summed E-state index contributed by atoms with van der Waals surface area (Å²) in [5.41, 5.74) is 2.75. The molecule has 1 aliphatic heterocycles. The van der Waals surface area contributed by atoms with Crippen molar-refractivity contribution < 1.29 is 14.6 Å². The van der Waals surface area contributed by atoms with Gasteiger partial charge in [0.25, 0.3) is 5.91 Å². The van der Waals surface area contributed by atoms with Crippen molar-refractivity contribution in [3.63, 3.8) is 0 Å². The molecule has 0 spiro atoms. The Morgan fingerprint density at radius 1 is 1.24 bits per heavy atom. The number of carbonyl (C=O) groups excluding carboxylic acids is 1. The number of ether oxygens (including phenoxy) is 1. The summed E-state index contributed by atoms with van der Waals surface area (Å²) in [7, 11) is 0. The largest absolute Gasteiger partial charge is 0.467 e. The van der Waals surface area contributed by atoms with E-state index in [-0.39, 0.29) is 19.1 Å². The predicted molar refractivity (Wildman–Crippen MR) is 88.6 cm³/mol. The van der Waals surface area contributed by atoms with Crippen LogP contribution in [0, 0.1) is 0 Å². The van der Waals surface area contributed by atoms with E-state index < -0.39 is 0 Å². The molecule has 1 aromatic carbocycles. The highest BCUT2D eigenvalue weighted by Crippen LogP contribution is 2.24. The second-order valence-corrected chi connectivity index (χ2v) is 5.80. The van der Waals surface area contributed by atoms with Crippen LogP contribution >= 0.6 is 0 Å². The first kappa shape index (κ1) is 15.5. The van der Waals surface area contributed by atoms with Gasteiger partial charge < -0.3 is 14.7 Å². The van der Waals surface area contributed by atoms with Gasteiger partial charge in [-0.3, -0.25) is 9.48 Å². The average molecular weight is 339 g/mol. The van der Waals surface area contributed by atoms with Gasteiger partial charge in [0.2, 0.25) is 5.88 Å². The maximum Gasteiger partial charge on any atom is 0.261 e. The number of aliphatic hydroxyl groups excluding tert-OH is 1. The fraction of sp³-hybridized carbons (Fsp3) is 0.294. The van der Waals surface area contributed by atoms with Crippen molar-refractivity contribution >= 4 is 16.8 Å². The van der Waals surface area contributed by atoms with E-state index in [4.69, 9.17) is 9.84 Å². The summed E-state index contributed by atoms with van der Waals surface area (Å²) in [6.07, 6.45) is 3.17. The number of benzene rings is 1. The minimum absolute atomic E-state index is 0.0198. The highest BCUT2D eigenvalue weighted by Gasteiger charge is 2.27. The molecule has 2 aromatic heterocycles. The summed E-state index contributed by atoms with van der Waals surface area (Å²) in [6, 6.07) is 7.51. The first-order valence-electron chi connectivity index (χ1n) is 8.01. The Balaban J connectivity index is 1.43. The van der Waals surface area contributed by atoms with E-state index >= 15 is 0 Å². The van der Waals surface area contributed by atoms with Crippen LogP contribution < -0.4 is 4.74 Å². The van der Waals surface area contributed by atoms with Crippen molar-refractivity contribution in [3.05, 3.63) is 48.0 Å². The molecule has 0 unspecified atom stereocenters. The molecule has 0 bridgehead atoms. The highest BCUT2D eigenvalue weighted by molar-refractivity contribution is 5.84. The van der Waals surface area contributed by atoms with Crippen LogP contribution in [-0.4, -0.2) is 48.9 Å². The molecule has 1 aliphatic rings. The van der Waals surface area contributed by atoms with E-state index in [1.165, 1.54) is 6.33 Å². The number of carbonyl (C=O) groups is 1. The van der Waals surface area contributed by atoms with Crippen LogP contribution in [0.25, 0.3) is 10.9 Å². The van der Waals surface area contributed by atoms with Crippen LogP contribution in [0.15, 0.2) is 36.8 Å². The van der Waals surface area contributed by atoms with Crippen molar-refractivity contribution in [2.24, 2.45) is 0 Å². The summed E-state index contributed by atoms with van der Waals surface area (Å²) in [5.74, 6) is 0.288. The first-order chi connectivity index (χ1) is 12.3. The molecule has 8 nitrogen and oxygen atoms in total. The Labute approximate surface area is 143 Å². The second-order valence-electron chi connectivity index (χ2n) is 5.80. The van der Waals surface area contributed by atoms with E-state index in [0.29, 0.717) is 25.5 Å². The number of rotatable bonds is 5. The fourth-order valence-electron chi connectivity index (χ4n) is 2.99. The molecule has 3 aromatic rings. The number of fused-ring (bicyclic) bond motifs is 2. The molecule has 128 valence electrons. The zero-order valence-corrected chi connectivity index (χ0v) is 13.5. The minimum Gasteiger partial charge on any atom is -0.467 e. The van der Waals surface area contributed by atoms with Crippen LogP contribution in [-0.2, 0) is 24.4 Å². The Morgan fingerprint density at radius 3 is 3.00 bits per heavy atom. The van der Waals surface area contributed by atoms with Crippen molar-refractivity contribution in [2.75, 3.05) is 13.2 Å². The van der Waals surface area contributed by atoms with Gasteiger partial charge in [-0.15, -0.1) is 0 Å². The predicted octanol–water partition coefficient (Wildman–Crippen LogP) is 0.740. The van der Waals surface area contributed by atoms with Crippen molar-refractivity contribution in [2.45, 2.75) is 19.6 Å². The van der Waals surface area contributed by atoms with E-state index in [1.807, 2.05) is 24.3 Å². The normalized spacial score (nSPS) is 13.2. The summed E-state index contributed by atoms with van der Waals surface area (Å²) in [6.45, 7) is 1.35. The number of amides is 1. The molecule has 0 saturated carbocycles. The number of para-hydroxylation sites is 1. The SMILES string of the molecule is O=C(COc1ncnc2ccccc12)N1Cc2cnn(CCO)c2C1. The lowest BCUT2D eigenvalue weighted by Gasteiger charge is -2.16. The Kier molecular flexibility index (Phi) is 4.02. The van der Waals surface area contributed by atoms with Gasteiger partial charge in [0.15, 0.2) is 6.61 Å². The number of nitrogens with zero attached hydrogens (tertiary/aromatic N) is 5. The standard InChI is InChI=1S/C17H17N5O3/c23-6-5-22-15-9-21(8-12(15)7-20-22)16(24)10-25-17-13-3-1-2-4-14(13)18-11-19-17/h1-4,7,11,23H,5-6,8-10H2. The zero-order valence-electron chi connectivity index (χ0n) is 13.5. The van der Waals surface area contributed by atoms with Gasteiger partial charge in [0.1, 0.15) is 6.33 Å². The van der Waals surface area contributed by atoms with Gasteiger partial charge in [-0.2, -0.15) is 5.10 Å². The van der Waals surface area contributed by atoms with Crippen LogP contribution in [0.3, 0.4) is 0 Å². The summed E-state index contributed by atoms with van der Waals surface area (Å²) < 4.78 is 7.38. The summed E-state index contributed by atoms with van der Waals surface area (Å²) >= 11 is 0. The Hall–Kier alpha value is -3.00. The van der Waals surface area contributed by atoms with E-state index in [2.05, 4.69) is 15.1 Å². The van der Waals surface area contributed by atoms with Gasteiger partial charge in [-0.25, -0.2) is 9.97 Å². The topological polar surface area (TPSA) is 93.4 Å². The van der Waals surface area contributed by atoms with Crippen molar-refractivity contribution in [1.29, 1.82) is 0 Å². The maximum atomic E-state index is 12.5. The molecule has 3 heterocycles. The Morgan fingerprint density at radius 2 is 2.12 bits per heavy atom. The number of hydrogen-bond donors (Lipinski definition) is 1. The van der Waals surface area contributed by atoms with Crippen LogP contribution in [0.4, 0.5) is 0 Å². The van der Waals surface area contributed by atoms with Crippen LogP contribution in [0.5, 0.6) is 5.88 Å². The van der Waals surface area contributed by atoms with Gasteiger partial charge >= 0.3 is 0 Å². The fourth-order valence-corrected chi connectivity index (χ4v) is 2.99. The molecule has 0 fully saturated rings. The van der Waals surface area contributed by atoms with Crippen molar-refractivity contribution in [1.82, 2.24) is 24.6 Å². The third-order valence-electron chi connectivity index (χ3n) is 4.24. The number of aliphatic hydroxyl groups is 1. The van der Waals surface area contributed by atoms with Gasteiger partial charge in [0, 0.05) is 12.1 Å². The Bertz CT molecular complexity index is 918. The molecule has 0 radical (unpaired) electrons. The number of hydrogen-bond acceptors (Lipinski definition) is 6. The molecule has 8 heteroatoms. The number of aromatic nitrogens is 4. The zero-order chi connectivity index (χ0) is 17.2. The molecule has 25 heavy (non-hydrogen) atoms. The van der Waals surface area contributed by atoms with Crippen LogP contribution in [0.2, 0.25) is 0 Å². The monoisotopic (exact) mass is 339 g/mol. The quantitative estimate of drug-likeness (QED) is 0.737. The third kappa shape index (κ3) is 2.91. The maximum absolute atomic E-state index is 12.5. The summed E-state index contributed by atoms with van der Waals surface area (Å²) in [4.78, 5) is 22.5. The smallest absolute Gasteiger partial charge is 0.261 e. The molecule has 1 amide bonds. The molecular weight excluding hydrogens is 322 g/mol. The highest BCUT2D eigenvalue weighted by atomic mass is 16.5. The lowest BCUT2D eigenvalue weighted by molar-refractivity contribution is -0.134. The molecule has 0 saturated heterocycles. The molecular formula is C17H17N5O3. The second kappa shape index (κ2) is 6.48. The van der Waals surface area contributed by atoms with Crippen LogP contribution in [0.1, 0.15) is 11.3 Å². The van der Waals surface area contributed by atoms with E-state index in [0.717, 1.165) is 22.2 Å². The van der Waals surface area contributed by atoms with Gasteiger partial charge in [0.05, 0.1) is 42.5 Å². The third-order valence-corrected chi connectivity index (χ3v) is 4.24. The summed E-state index contributed by atoms with van der Waals surface area (Å²) in [5, 5.41) is 14.1. The van der Waals surface area contributed by atoms with Crippen molar-refractivity contribution in [3.8, 4) is 5.88 Å².